The highest BCUT2D eigenvalue weighted by molar-refractivity contribution is 7.21. The molecule has 0 aliphatic carbocycles. The molecule has 6 nitrogen and oxygen atoms in total. The average Bonchev–Trinajstić information content (AvgIpc) is 3.68. The van der Waals surface area contributed by atoms with Crippen molar-refractivity contribution in [3.8, 4) is 22.4 Å². The molecule has 1 amide bonds. The van der Waals surface area contributed by atoms with Gasteiger partial charge in [-0.05, 0) is 68.1 Å². The highest BCUT2D eigenvalue weighted by atomic mass is 35.5. The molecule has 2 aromatic carbocycles. The lowest BCUT2D eigenvalue weighted by molar-refractivity contribution is -0.133. The number of aromatic nitrogens is 1. The molecule has 6 rings (SSSR count). The number of thiophene rings is 1. The first kappa shape index (κ1) is 25.2. The van der Waals surface area contributed by atoms with Crippen molar-refractivity contribution in [3.05, 3.63) is 70.6 Å². The molecule has 8 heteroatoms. The lowest BCUT2D eigenvalue weighted by atomic mass is 10.0. The van der Waals surface area contributed by atoms with Gasteiger partial charge in [-0.1, -0.05) is 54.1 Å². The Labute approximate surface area is 231 Å². The number of rotatable bonds is 6. The second-order valence-electron chi connectivity index (χ2n) is 10.2. The van der Waals surface area contributed by atoms with Crippen LogP contribution in [-0.4, -0.2) is 63.6 Å². The first-order valence-corrected chi connectivity index (χ1v) is 14.4. The quantitative estimate of drug-likeness (QED) is 0.300. The number of nitrogens with zero attached hydrogens (tertiary/aromatic N) is 3. The Kier molecular flexibility index (Phi) is 6.99. The molecule has 2 saturated heterocycles. The molecule has 2 fully saturated rings. The average molecular weight is 548 g/mol. The van der Waals surface area contributed by atoms with Crippen LogP contribution in [0.1, 0.15) is 35.4 Å². The number of piperidine rings is 1. The van der Waals surface area contributed by atoms with Crippen LogP contribution in [0, 0.1) is 0 Å². The van der Waals surface area contributed by atoms with Gasteiger partial charge in [0.05, 0.1) is 15.9 Å². The van der Waals surface area contributed by atoms with Crippen LogP contribution in [0.3, 0.4) is 0 Å². The summed E-state index contributed by atoms with van der Waals surface area (Å²) in [5.41, 5.74) is 4.55. The van der Waals surface area contributed by atoms with E-state index in [1.54, 1.807) is 6.07 Å². The number of likely N-dealkylation sites (tertiary alicyclic amines) is 2. The first-order valence-electron chi connectivity index (χ1n) is 13.2. The molecule has 1 N–H and O–H groups in total. The predicted octanol–water partition coefficient (Wildman–Crippen LogP) is 6.48. The summed E-state index contributed by atoms with van der Waals surface area (Å²) in [6.07, 6.45) is 4.57. The van der Waals surface area contributed by atoms with E-state index in [2.05, 4.69) is 4.90 Å². The van der Waals surface area contributed by atoms with E-state index in [1.807, 2.05) is 64.1 Å². The minimum absolute atomic E-state index is 0.0691. The SMILES string of the molecule is O=C(O)c1cc2c(s1)c(-c1ccccc1)c(-c1ccc(Cl)cc1)n2CC(=O)N1CCC(N2CCCC2)CC1. The van der Waals surface area contributed by atoms with Gasteiger partial charge in [-0.2, -0.15) is 0 Å². The zero-order valence-corrected chi connectivity index (χ0v) is 22.7. The van der Waals surface area contributed by atoms with Crippen LogP contribution >= 0.6 is 22.9 Å². The molecular formula is C30H30ClN3O3S. The molecule has 0 atom stereocenters. The Morgan fingerprint density at radius 1 is 0.921 bits per heavy atom. The number of carbonyl (C=O) groups is 2. The zero-order chi connectivity index (χ0) is 26.2. The lowest BCUT2D eigenvalue weighted by Gasteiger charge is -2.36. The maximum absolute atomic E-state index is 13.7. The molecule has 2 aliphatic rings. The number of amides is 1. The molecular weight excluding hydrogens is 518 g/mol. The molecule has 0 spiro atoms. The Morgan fingerprint density at radius 3 is 2.26 bits per heavy atom. The molecule has 2 aliphatic heterocycles. The van der Waals surface area contributed by atoms with Crippen LogP contribution in [-0.2, 0) is 11.3 Å². The van der Waals surface area contributed by atoms with E-state index in [4.69, 9.17) is 11.6 Å². The number of halogens is 1. The van der Waals surface area contributed by atoms with Gasteiger partial charge in [0.15, 0.2) is 0 Å². The zero-order valence-electron chi connectivity index (χ0n) is 21.1. The minimum atomic E-state index is -0.958. The fourth-order valence-electron chi connectivity index (χ4n) is 6.00. The van der Waals surface area contributed by atoms with Crippen LogP contribution in [0.15, 0.2) is 60.7 Å². The standard InChI is InChI=1S/C30H30ClN3O3S/c31-22-10-8-21(9-11-22)28-27(20-6-2-1-3-7-20)29-24(18-25(38-29)30(36)37)34(28)19-26(35)33-16-12-23(13-17-33)32-14-4-5-15-32/h1-3,6-11,18,23H,4-5,12-17,19H2,(H,36,37). The van der Waals surface area contributed by atoms with Crippen LogP contribution in [0.25, 0.3) is 32.6 Å². The second kappa shape index (κ2) is 10.6. The number of hydrogen-bond acceptors (Lipinski definition) is 4. The van der Waals surface area contributed by atoms with Crippen molar-refractivity contribution in [2.24, 2.45) is 0 Å². The van der Waals surface area contributed by atoms with Gasteiger partial charge in [-0.3, -0.25) is 4.79 Å². The van der Waals surface area contributed by atoms with E-state index in [9.17, 15) is 14.7 Å². The summed E-state index contributed by atoms with van der Waals surface area (Å²) >= 11 is 7.48. The third kappa shape index (κ3) is 4.75. The summed E-state index contributed by atoms with van der Waals surface area (Å²) < 4.78 is 2.89. The van der Waals surface area contributed by atoms with Gasteiger partial charge in [-0.15, -0.1) is 11.3 Å². The lowest BCUT2D eigenvalue weighted by Crippen LogP contribution is -2.46. The summed E-state index contributed by atoms with van der Waals surface area (Å²) in [4.78, 5) is 30.5. The first-order chi connectivity index (χ1) is 18.5. The number of aromatic carboxylic acids is 1. The highest BCUT2D eigenvalue weighted by Gasteiger charge is 2.30. The van der Waals surface area contributed by atoms with Gasteiger partial charge in [0.1, 0.15) is 11.4 Å². The monoisotopic (exact) mass is 547 g/mol. The van der Waals surface area contributed by atoms with Gasteiger partial charge < -0.3 is 19.5 Å². The summed E-state index contributed by atoms with van der Waals surface area (Å²) in [6, 6.07) is 19.9. The largest absolute Gasteiger partial charge is 0.477 e. The fourth-order valence-corrected chi connectivity index (χ4v) is 7.19. The van der Waals surface area contributed by atoms with Crippen molar-refractivity contribution in [1.82, 2.24) is 14.4 Å². The van der Waals surface area contributed by atoms with Crippen LogP contribution in [0.2, 0.25) is 5.02 Å². The van der Waals surface area contributed by atoms with Gasteiger partial charge in [0, 0.05) is 29.7 Å². The molecule has 196 valence electrons. The Hall–Kier alpha value is -3.13. The number of hydrogen-bond donors (Lipinski definition) is 1. The van der Waals surface area contributed by atoms with Crippen LogP contribution < -0.4 is 0 Å². The third-order valence-electron chi connectivity index (χ3n) is 7.90. The Morgan fingerprint density at radius 2 is 1.61 bits per heavy atom. The summed E-state index contributed by atoms with van der Waals surface area (Å²) in [5.74, 6) is -0.889. The van der Waals surface area contributed by atoms with Crippen molar-refractivity contribution in [2.75, 3.05) is 26.2 Å². The van der Waals surface area contributed by atoms with E-state index in [1.165, 1.54) is 37.3 Å². The van der Waals surface area contributed by atoms with Gasteiger partial charge in [0.2, 0.25) is 5.91 Å². The minimum Gasteiger partial charge on any atom is -0.477 e. The van der Waals surface area contributed by atoms with Crippen molar-refractivity contribution in [3.63, 3.8) is 0 Å². The fraction of sp³-hybridized carbons (Fsp3) is 0.333. The van der Waals surface area contributed by atoms with E-state index in [-0.39, 0.29) is 17.3 Å². The van der Waals surface area contributed by atoms with Crippen molar-refractivity contribution < 1.29 is 14.7 Å². The number of carboxylic acids is 1. The maximum atomic E-state index is 13.7. The van der Waals surface area contributed by atoms with Crippen molar-refractivity contribution in [1.29, 1.82) is 0 Å². The molecule has 0 radical (unpaired) electrons. The molecule has 0 saturated carbocycles. The summed E-state index contributed by atoms with van der Waals surface area (Å²) in [7, 11) is 0. The normalized spacial score (nSPS) is 16.9. The molecule has 0 bridgehead atoms. The number of benzene rings is 2. The van der Waals surface area contributed by atoms with Crippen molar-refractivity contribution >= 4 is 45.0 Å². The number of fused-ring (bicyclic) bond motifs is 1. The Bertz CT molecular complexity index is 1460. The van der Waals surface area contributed by atoms with E-state index in [0.29, 0.717) is 11.1 Å². The van der Waals surface area contributed by atoms with Crippen molar-refractivity contribution in [2.45, 2.75) is 38.3 Å². The number of carboxylic acid groups (broad SMARTS) is 1. The number of carbonyl (C=O) groups excluding carboxylic acids is 1. The topological polar surface area (TPSA) is 65.8 Å². The highest BCUT2D eigenvalue weighted by Crippen LogP contribution is 2.45. The third-order valence-corrected chi connectivity index (χ3v) is 9.28. The van der Waals surface area contributed by atoms with Gasteiger partial charge in [-0.25, -0.2) is 4.79 Å². The molecule has 4 aromatic rings. The van der Waals surface area contributed by atoms with Crippen LogP contribution in [0.5, 0.6) is 0 Å². The molecule has 4 heterocycles. The second-order valence-corrected chi connectivity index (χ2v) is 11.7. The molecule has 2 aromatic heterocycles. The van der Waals surface area contributed by atoms with E-state index >= 15 is 0 Å². The smallest absolute Gasteiger partial charge is 0.345 e. The Balaban J connectivity index is 1.41. The van der Waals surface area contributed by atoms with E-state index < -0.39 is 5.97 Å². The van der Waals surface area contributed by atoms with Gasteiger partial charge in [0.25, 0.3) is 0 Å². The molecule has 38 heavy (non-hydrogen) atoms. The summed E-state index contributed by atoms with van der Waals surface area (Å²) in [6.45, 7) is 4.03. The maximum Gasteiger partial charge on any atom is 0.345 e. The summed E-state index contributed by atoms with van der Waals surface area (Å²) in [5, 5.41) is 10.4. The van der Waals surface area contributed by atoms with Crippen LogP contribution in [0.4, 0.5) is 0 Å². The van der Waals surface area contributed by atoms with Gasteiger partial charge >= 0.3 is 5.97 Å². The predicted molar refractivity (Wildman–Crippen MR) is 153 cm³/mol. The molecule has 0 unspecified atom stereocenters. The van der Waals surface area contributed by atoms with E-state index in [0.717, 1.165) is 58.5 Å².